The molecule has 0 spiro atoms. The molecule has 2 aromatic rings. The second-order valence-electron chi connectivity index (χ2n) is 5.12. The summed E-state index contributed by atoms with van der Waals surface area (Å²) in [4.78, 5) is 2.36. The molecule has 96 valence electrons. The van der Waals surface area contributed by atoms with E-state index in [1.54, 1.807) is 6.20 Å². The van der Waals surface area contributed by atoms with Crippen LogP contribution in [0.1, 0.15) is 12.8 Å². The Bertz CT molecular complexity index is 539. The van der Waals surface area contributed by atoms with E-state index in [2.05, 4.69) is 33.5 Å². The van der Waals surface area contributed by atoms with Gasteiger partial charge in [-0.1, -0.05) is 0 Å². The van der Waals surface area contributed by atoms with Crippen LogP contribution >= 0.6 is 0 Å². The molecule has 1 aliphatic heterocycles. The number of benzene rings is 1. The lowest BCUT2D eigenvalue weighted by Gasteiger charge is -2.30. The Morgan fingerprint density at radius 1 is 1.39 bits per heavy atom. The molecule has 18 heavy (non-hydrogen) atoms. The van der Waals surface area contributed by atoms with Gasteiger partial charge in [0.25, 0.3) is 0 Å². The highest BCUT2D eigenvalue weighted by atomic mass is 15.1. The second-order valence-corrected chi connectivity index (χ2v) is 5.12. The first kappa shape index (κ1) is 11.3. The quantitative estimate of drug-likeness (QED) is 0.704. The summed E-state index contributed by atoms with van der Waals surface area (Å²) in [7, 11) is 2.17. The molecule has 4 N–H and O–H groups in total. The minimum atomic E-state index is 0.517. The highest BCUT2D eigenvalue weighted by Gasteiger charge is 2.17. The molecule has 1 aromatic heterocycles. The average Bonchev–Trinajstić information content (AvgIpc) is 2.79. The molecule has 1 aliphatic rings. The van der Waals surface area contributed by atoms with E-state index in [0.717, 1.165) is 48.2 Å². The summed E-state index contributed by atoms with van der Waals surface area (Å²) in [6.45, 7) is 2.29. The summed E-state index contributed by atoms with van der Waals surface area (Å²) in [5.74, 6) is 0. The third kappa shape index (κ3) is 2.13. The fourth-order valence-corrected chi connectivity index (χ4v) is 2.51. The third-order valence-corrected chi connectivity index (χ3v) is 3.69. The number of fused-ring (bicyclic) bond motifs is 1. The Hall–Kier alpha value is -1.75. The van der Waals surface area contributed by atoms with Crippen molar-refractivity contribution in [3.05, 3.63) is 18.3 Å². The van der Waals surface area contributed by atoms with Gasteiger partial charge >= 0.3 is 0 Å². The molecule has 2 heterocycles. The fraction of sp³-hybridized carbons (Fsp3) is 0.462. The SMILES string of the molecule is CN1CCC(Nc2cc3[nH]ncc3cc2N)CC1. The molecule has 0 atom stereocenters. The number of hydrogen-bond acceptors (Lipinski definition) is 4. The summed E-state index contributed by atoms with van der Waals surface area (Å²) in [5, 5.41) is 11.6. The number of rotatable bonds is 2. The number of nitrogens with zero attached hydrogens (tertiary/aromatic N) is 2. The molecule has 0 unspecified atom stereocenters. The molecule has 0 bridgehead atoms. The van der Waals surface area contributed by atoms with Crippen molar-refractivity contribution in [2.75, 3.05) is 31.2 Å². The van der Waals surface area contributed by atoms with Gasteiger partial charge in [-0.3, -0.25) is 5.10 Å². The zero-order chi connectivity index (χ0) is 12.5. The lowest BCUT2D eigenvalue weighted by Crippen LogP contribution is -2.36. The van der Waals surface area contributed by atoms with Gasteiger partial charge in [0.1, 0.15) is 0 Å². The molecule has 0 saturated carbocycles. The van der Waals surface area contributed by atoms with Gasteiger partial charge in [0, 0.05) is 11.4 Å². The van der Waals surface area contributed by atoms with E-state index in [1.165, 1.54) is 0 Å². The number of anilines is 2. The van der Waals surface area contributed by atoms with Crippen molar-refractivity contribution in [2.24, 2.45) is 0 Å². The maximum absolute atomic E-state index is 6.08. The van der Waals surface area contributed by atoms with Crippen molar-refractivity contribution >= 4 is 22.3 Å². The number of hydrogen-bond donors (Lipinski definition) is 3. The van der Waals surface area contributed by atoms with Crippen LogP contribution in [0.5, 0.6) is 0 Å². The zero-order valence-electron chi connectivity index (χ0n) is 10.6. The molecule has 0 aliphatic carbocycles. The number of H-pyrrole nitrogens is 1. The van der Waals surface area contributed by atoms with Crippen LogP contribution < -0.4 is 11.1 Å². The lowest BCUT2D eigenvalue weighted by molar-refractivity contribution is 0.264. The number of aromatic amines is 1. The Kier molecular flexibility index (Phi) is 2.83. The highest BCUT2D eigenvalue weighted by Crippen LogP contribution is 2.26. The van der Waals surface area contributed by atoms with Gasteiger partial charge in [-0.15, -0.1) is 0 Å². The topological polar surface area (TPSA) is 70.0 Å². The normalized spacial score (nSPS) is 18.3. The standard InChI is InChI=1S/C13H19N5/c1-18-4-2-10(3-5-18)16-13-7-12-9(6-11(13)14)8-15-17-12/h6-8,10,16H,2-5,14H2,1H3,(H,15,17). The molecule has 0 radical (unpaired) electrons. The van der Waals surface area contributed by atoms with Crippen LogP contribution in [0.15, 0.2) is 18.3 Å². The van der Waals surface area contributed by atoms with Gasteiger partial charge in [0.15, 0.2) is 0 Å². The van der Waals surface area contributed by atoms with E-state index in [-0.39, 0.29) is 0 Å². The first-order valence-corrected chi connectivity index (χ1v) is 6.40. The largest absolute Gasteiger partial charge is 0.397 e. The van der Waals surface area contributed by atoms with Crippen molar-refractivity contribution in [1.82, 2.24) is 15.1 Å². The molecule has 5 heteroatoms. The maximum Gasteiger partial charge on any atom is 0.0672 e. The van der Waals surface area contributed by atoms with Crippen LogP contribution in [0.25, 0.3) is 10.9 Å². The number of piperidine rings is 1. The molecular formula is C13H19N5. The predicted molar refractivity (Wildman–Crippen MR) is 74.6 cm³/mol. The van der Waals surface area contributed by atoms with Crippen LogP contribution in [-0.2, 0) is 0 Å². The average molecular weight is 245 g/mol. The van der Waals surface area contributed by atoms with Crippen LogP contribution in [0.2, 0.25) is 0 Å². The first-order chi connectivity index (χ1) is 8.72. The Morgan fingerprint density at radius 2 is 2.17 bits per heavy atom. The third-order valence-electron chi connectivity index (χ3n) is 3.69. The molecule has 5 nitrogen and oxygen atoms in total. The lowest BCUT2D eigenvalue weighted by atomic mass is 10.0. The summed E-state index contributed by atoms with van der Waals surface area (Å²) < 4.78 is 0. The van der Waals surface area contributed by atoms with Crippen molar-refractivity contribution in [3.8, 4) is 0 Å². The van der Waals surface area contributed by atoms with Crippen molar-refractivity contribution in [2.45, 2.75) is 18.9 Å². The number of nitrogens with two attached hydrogens (primary N) is 1. The molecule has 0 amide bonds. The summed E-state index contributed by atoms with van der Waals surface area (Å²) >= 11 is 0. The number of nitrogen functional groups attached to an aromatic ring is 1. The van der Waals surface area contributed by atoms with Gasteiger partial charge in [-0.25, -0.2) is 0 Å². The van der Waals surface area contributed by atoms with E-state index >= 15 is 0 Å². The smallest absolute Gasteiger partial charge is 0.0672 e. The maximum atomic E-state index is 6.08. The summed E-state index contributed by atoms with van der Waals surface area (Å²) in [5.41, 5.74) is 8.91. The van der Waals surface area contributed by atoms with Gasteiger partial charge in [-0.05, 0) is 45.1 Å². The van der Waals surface area contributed by atoms with Crippen LogP contribution in [0, 0.1) is 0 Å². The Morgan fingerprint density at radius 3 is 2.94 bits per heavy atom. The van der Waals surface area contributed by atoms with E-state index in [4.69, 9.17) is 5.73 Å². The van der Waals surface area contributed by atoms with Crippen molar-refractivity contribution < 1.29 is 0 Å². The van der Waals surface area contributed by atoms with E-state index in [9.17, 15) is 0 Å². The predicted octanol–water partition coefficient (Wildman–Crippen LogP) is 1.65. The number of likely N-dealkylation sites (tertiary alicyclic amines) is 1. The van der Waals surface area contributed by atoms with E-state index < -0.39 is 0 Å². The fourth-order valence-electron chi connectivity index (χ4n) is 2.51. The van der Waals surface area contributed by atoms with Crippen LogP contribution in [0.3, 0.4) is 0 Å². The van der Waals surface area contributed by atoms with Crippen LogP contribution in [0.4, 0.5) is 11.4 Å². The number of nitrogens with one attached hydrogen (secondary N) is 2. The van der Waals surface area contributed by atoms with Gasteiger partial charge < -0.3 is 16.0 Å². The van der Waals surface area contributed by atoms with E-state index in [0.29, 0.717) is 6.04 Å². The second kappa shape index (κ2) is 4.49. The molecular weight excluding hydrogens is 226 g/mol. The van der Waals surface area contributed by atoms with Gasteiger partial charge in [0.2, 0.25) is 0 Å². The molecule has 1 aromatic carbocycles. The van der Waals surface area contributed by atoms with Gasteiger partial charge in [-0.2, -0.15) is 5.10 Å². The molecule has 3 rings (SSSR count). The molecule has 1 saturated heterocycles. The first-order valence-electron chi connectivity index (χ1n) is 6.40. The van der Waals surface area contributed by atoms with Crippen molar-refractivity contribution in [1.29, 1.82) is 0 Å². The van der Waals surface area contributed by atoms with Gasteiger partial charge in [0.05, 0.1) is 23.1 Å². The summed E-state index contributed by atoms with van der Waals surface area (Å²) in [6.07, 6.45) is 4.12. The minimum Gasteiger partial charge on any atom is -0.397 e. The van der Waals surface area contributed by atoms with Crippen LogP contribution in [-0.4, -0.2) is 41.3 Å². The monoisotopic (exact) mass is 245 g/mol. The molecule has 1 fully saturated rings. The van der Waals surface area contributed by atoms with Crippen molar-refractivity contribution in [3.63, 3.8) is 0 Å². The Balaban J connectivity index is 1.79. The Labute approximate surface area is 106 Å². The zero-order valence-corrected chi connectivity index (χ0v) is 10.6. The number of aromatic nitrogens is 2. The highest BCUT2D eigenvalue weighted by molar-refractivity contribution is 5.88. The summed E-state index contributed by atoms with van der Waals surface area (Å²) in [6, 6.07) is 4.54. The minimum absolute atomic E-state index is 0.517. The van der Waals surface area contributed by atoms with E-state index in [1.807, 2.05) is 6.07 Å².